The molecule has 0 bridgehead atoms. The highest BCUT2D eigenvalue weighted by molar-refractivity contribution is 6.33. The van der Waals surface area contributed by atoms with Gasteiger partial charge in [-0.15, -0.1) is 0 Å². The molecule has 0 atom stereocenters. The highest BCUT2D eigenvalue weighted by Gasteiger charge is 2.29. The highest BCUT2D eigenvalue weighted by atomic mass is 16.2. The second-order valence-electron chi connectivity index (χ2n) is 11.3. The Morgan fingerprint density at radius 1 is 1.00 bits per heavy atom. The molecule has 210 valence electrons. The van der Waals surface area contributed by atoms with E-state index in [0.29, 0.717) is 16.8 Å². The Morgan fingerprint density at radius 2 is 1.78 bits per heavy atom. The van der Waals surface area contributed by atoms with E-state index in [2.05, 4.69) is 87.1 Å². The third kappa shape index (κ3) is 6.23. The van der Waals surface area contributed by atoms with Gasteiger partial charge >= 0.3 is 0 Å². The molecule has 6 rings (SSSR count). The molecule has 2 aliphatic carbocycles. The zero-order valence-corrected chi connectivity index (χ0v) is 23.6. The number of carbonyl (C=O) groups excluding carboxylic acids is 2. The molecule has 3 N–H and O–H groups in total. The summed E-state index contributed by atoms with van der Waals surface area (Å²) in [6.07, 6.45) is 12.7. The van der Waals surface area contributed by atoms with Gasteiger partial charge in [-0.1, -0.05) is 43.1 Å². The summed E-state index contributed by atoms with van der Waals surface area (Å²) in [4.78, 5) is 30.4. The maximum Gasteiger partial charge on any atom is 0.296 e. The molecular formula is C34H37N5O2. The number of allylic oxidation sites excluding steroid dienone is 3. The molecule has 1 saturated carbocycles. The van der Waals surface area contributed by atoms with Gasteiger partial charge in [0.15, 0.2) is 0 Å². The quantitative estimate of drug-likeness (QED) is 0.367. The minimum atomic E-state index is -0.247. The molecule has 2 heterocycles. The van der Waals surface area contributed by atoms with Crippen LogP contribution in [0.15, 0.2) is 72.0 Å². The number of hydrogen-bond donors (Lipinski definition) is 3. The van der Waals surface area contributed by atoms with E-state index in [9.17, 15) is 9.59 Å². The minimum Gasteiger partial charge on any atom is -0.369 e. The van der Waals surface area contributed by atoms with Crippen LogP contribution in [0.3, 0.4) is 0 Å². The van der Waals surface area contributed by atoms with Crippen molar-refractivity contribution in [2.75, 3.05) is 48.8 Å². The van der Waals surface area contributed by atoms with Gasteiger partial charge in [0, 0.05) is 60.6 Å². The lowest BCUT2D eigenvalue weighted by atomic mass is 9.96. The SMILES string of the molecule is CN1CCN(c2ccc(N/C(C3=CCCC=C3)=C3\C(=O)Nc4cc(C#CC(=O)NC5CCCC5)ccc43)cc2)CC1. The summed E-state index contributed by atoms with van der Waals surface area (Å²) in [5, 5.41) is 9.61. The normalized spacial score (nSPS) is 20.1. The topological polar surface area (TPSA) is 76.7 Å². The summed E-state index contributed by atoms with van der Waals surface area (Å²) < 4.78 is 0. The zero-order valence-electron chi connectivity index (χ0n) is 23.6. The summed E-state index contributed by atoms with van der Waals surface area (Å²) in [6, 6.07) is 14.4. The van der Waals surface area contributed by atoms with Gasteiger partial charge in [-0.3, -0.25) is 9.59 Å². The van der Waals surface area contributed by atoms with Crippen LogP contribution < -0.4 is 20.9 Å². The number of piperazine rings is 1. The Labute approximate surface area is 242 Å². The molecule has 2 amide bonds. The van der Waals surface area contributed by atoms with Crippen LogP contribution >= 0.6 is 0 Å². The second kappa shape index (κ2) is 12.1. The first kappa shape index (κ1) is 26.9. The molecule has 4 aliphatic rings. The van der Waals surface area contributed by atoms with E-state index in [1.165, 1.54) is 5.69 Å². The van der Waals surface area contributed by atoms with E-state index < -0.39 is 0 Å². The number of hydrogen-bond acceptors (Lipinski definition) is 5. The van der Waals surface area contributed by atoms with Crippen molar-refractivity contribution in [2.24, 2.45) is 0 Å². The van der Waals surface area contributed by atoms with Crippen LogP contribution in [0.4, 0.5) is 17.1 Å². The number of carbonyl (C=O) groups is 2. The molecule has 0 spiro atoms. The Bertz CT molecular complexity index is 1480. The predicted molar refractivity (Wildman–Crippen MR) is 166 cm³/mol. The van der Waals surface area contributed by atoms with Gasteiger partial charge in [0.05, 0.1) is 17.0 Å². The van der Waals surface area contributed by atoms with Crippen molar-refractivity contribution in [2.45, 2.75) is 44.6 Å². The molecule has 0 aromatic heterocycles. The van der Waals surface area contributed by atoms with Crippen molar-refractivity contribution >= 4 is 34.4 Å². The molecule has 7 heteroatoms. The third-order valence-corrected chi connectivity index (χ3v) is 8.31. The van der Waals surface area contributed by atoms with Gasteiger partial charge in [0.25, 0.3) is 11.8 Å². The molecule has 41 heavy (non-hydrogen) atoms. The monoisotopic (exact) mass is 547 g/mol. The number of rotatable bonds is 5. The highest BCUT2D eigenvalue weighted by Crippen LogP contribution is 2.38. The number of likely N-dealkylation sites (N-methyl/N-ethyl adjacent to an activating group) is 1. The molecule has 2 aromatic rings. The molecule has 0 unspecified atom stereocenters. The fourth-order valence-electron chi connectivity index (χ4n) is 5.96. The number of nitrogens with zero attached hydrogens (tertiary/aromatic N) is 2. The Balaban J connectivity index is 1.26. The number of amides is 2. The lowest BCUT2D eigenvalue weighted by Crippen LogP contribution is -2.44. The number of anilines is 3. The van der Waals surface area contributed by atoms with Crippen LogP contribution in [0, 0.1) is 11.8 Å². The molecular weight excluding hydrogens is 510 g/mol. The Hall–Kier alpha value is -4.28. The van der Waals surface area contributed by atoms with E-state index in [4.69, 9.17) is 0 Å². The van der Waals surface area contributed by atoms with Crippen LogP contribution in [0.1, 0.15) is 49.7 Å². The van der Waals surface area contributed by atoms with E-state index in [1.54, 1.807) is 0 Å². The van der Waals surface area contributed by atoms with Crippen molar-refractivity contribution in [3.8, 4) is 11.8 Å². The summed E-state index contributed by atoms with van der Waals surface area (Å²) in [5.74, 6) is 5.29. The lowest BCUT2D eigenvalue weighted by molar-refractivity contribution is -0.116. The van der Waals surface area contributed by atoms with Gasteiger partial charge in [0.2, 0.25) is 0 Å². The average molecular weight is 548 g/mol. The van der Waals surface area contributed by atoms with E-state index in [1.807, 2.05) is 18.2 Å². The summed E-state index contributed by atoms with van der Waals surface area (Å²) in [7, 11) is 2.16. The fourth-order valence-corrected chi connectivity index (χ4v) is 5.96. The maximum atomic E-state index is 13.4. The van der Waals surface area contributed by atoms with E-state index >= 15 is 0 Å². The van der Waals surface area contributed by atoms with Crippen LogP contribution in [0.5, 0.6) is 0 Å². The van der Waals surface area contributed by atoms with Crippen molar-refractivity contribution < 1.29 is 9.59 Å². The Kier molecular flexibility index (Phi) is 7.93. The zero-order chi connectivity index (χ0) is 28.2. The molecule has 2 aliphatic heterocycles. The number of nitrogens with one attached hydrogen (secondary N) is 3. The number of benzene rings is 2. The van der Waals surface area contributed by atoms with Crippen LogP contribution in [-0.2, 0) is 9.59 Å². The van der Waals surface area contributed by atoms with Crippen LogP contribution in [0.25, 0.3) is 5.57 Å². The Morgan fingerprint density at radius 3 is 2.51 bits per heavy atom. The summed E-state index contributed by atoms with van der Waals surface area (Å²) in [5.41, 5.74) is 6.78. The molecule has 0 radical (unpaired) electrons. The van der Waals surface area contributed by atoms with Gasteiger partial charge in [-0.05, 0) is 74.7 Å². The minimum absolute atomic E-state index is 0.152. The van der Waals surface area contributed by atoms with E-state index in [0.717, 1.165) is 87.2 Å². The van der Waals surface area contributed by atoms with Gasteiger partial charge in [-0.2, -0.15) is 0 Å². The summed E-state index contributed by atoms with van der Waals surface area (Å²) >= 11 is 0. The largest absolute Gasteiger partial charge is 0.369 e. The molecule has 2 fully saturated rings. The predicted octanol–water partition coefficient (Wildman–Crippen LogP) is 4.90. The lowest BCUT2D eigenvalue weighted by Gasteiger charge is -2.34. The third-order valence-electron chi connectivity index (χ3n) is 8.31. The average Bonchev–Trinajstić information content (AvgIpc) is 3.62. The van der Waals surface area contributed by atoms with Crippen molar-refractivity contribution in [1.29, 1.82) is 0 Å². The van der Waals surface area contributed by atoms with Gasteiger partial charge < -0.3 is 25.8 Å². The van der Waals surface area contributed by atoms with Crippen molar-refractivity contribution in [1.82, 2.24) is 10.2 Å². The first-order valence-corrected chi connectivity index (χ1v) is 14.7. The summed E-state index contributed by atoms with van der Waals surface area (Å²) in [6.45, 7) is 4.16. The van der Waals surface area contributed by atoms with Crippen LogP contribution in [0.2, 0.25) is 0 Å². The van der Waals surface area contributed by atoms with Crippen molar-refractivity contribution in [3.05, 3.63) is 83.1 Å². The molecule has 2 aromatic carbocycles. The molecule has 7 nitrogen and oxygen atoms in total. The maximum absolute atomic E-state index is 13.4. The van der Waals surface area contributed by atoms with E-state index in [-0.39, 0.29) is 17.9 Å². The smallest absolute Gasteiger partial charge is 0.296 e. The first-order chi connectivity index (χ1) is 20.0. The van der Waals surface area contributed by atoms with Gasteiger partial charge in [-0.25, -0.2) is 0 Å². The number of fused-ring (bicyclic) bond motifs is 1. The van der Waals surface area contributed by atoms with Crippen molar-refractivity contribution in [3.63, 3.8) is 0 Å². The first-order valence-electron chi connectivity index (χ1n) is 14.7. The van der Waals surface area contributed by atoms with Crippen LogP contribution in [-0.4, -0.2) is 56.0 Å². The fraction of sp³-hybridized carbons (Fsp3) is 0.353. The molecule has 1 saturated heterocycles. The standard InChI is InChI=1S/C34H37N5O2/c1-38-19-21-39(22-20-38)28-15-13-27(14-16-28)36-33(25-7-3-2-4-8-25)32-29-17-11-24(23-30(29)37-34(32)41)12-18-31(40)35-26-9-5-6-10-26/h3,7-8,11,13-17,23,26,36H,2,4-6,9-10,19-22H2,1H3,(H,35,40)(H,37,41)/b33-32-. The second-order valence-corrected chi connectivity index (χ2v) is 11.3. The van der Waals surface area contributed by atoms with Gasteiger partial charge in [0.1, 0.15) is 0 Å².